The number of ether oxygens (including phenoxy) is 1. The molecule has 0 amide bonds. The fraction of sp³-hybridized carbons (Fsp3) is 0.500. The minimum Gasteiger partial charge on any atom is -0.465 e. The molecule has 1 saturated heterocycles. The summed E-state index contributed by atoms with van der Waals surface area (Å²) in [5, 5.41) is 3.29. The van der Waals surface area contributed by atoms with E-state index < -0.39 is 16.0 Å². The molecule has 1 N–H and O–H groups in total. The van der Waals surface area contributed by atoms with Gasteiger partial charge in [-0.3, -0.25) is 0 Å². The standard InChI is InChI=1S/C14H19ClN2O4S.ClH/c1-9-10(2)17(7-6-16-9)22(19,20)11-4-5-12(13(15)8-11)14(18)21-3;/h4-5,8-10,16H,6-7H2,1-3H3;1H. The van der Waals surface area contributed by atoms with Crippen LogP contribution < -0.4 is 5.32 Å². The second-order valence-electron chi connectivity index (χ2n) is 5.23. The average molecular weight is 383 g/mol. The fourth-order valence-electron chi connectivity index (χ4n) is 2.43. The molecule has 2 rings (SSSR count). The number of piperazine rings is 1. The van der Waals surface area contributed by atoms with Crippen molar-refractivity contribution in [1.29, 1.82) is 0 Å². The van der Waals surface area contributed by atoms with Crippen LogP contribution in [-0.4, -0.2) is 51.0 Å². The maximum absolute atomic E-state index is 12.8. The summed E-state index contributed by atoms with van der Waals surface area (Å²) >= 11 is 6.02. The quantitative estimate of drug-likeness (QED) is 0.808. The van der Waals surface area contributed by atoms with E-state index in [4.69, 9.17) is 11.6 Å². The number of hydrogen-bond acceptors (Lipinski definition) is 5. The Hall–Kier alpha value is -0.860. The molecular formula is C14H20Cl2N2O4S. The van der Waals surface area contributed by atoms with Gasteiger partial charge in [0.25, 0.3) is 0 Å². The number of nitrogens with zero attached hydrogens (tertiary/aromatic N) is 1. The van der Waals surface area contributed by atoms with Crippen molar-refractivity contribution in [1.82, 2.24) is 9.62 Å². The molecule has 23 heavy (non-hydrogen) atoms. The Morgan fingerprint density at radius 1 is 1.39 bits per heavy atom. The maximum atomic E-state index is 12.8. The fourth-order valence-corrected chi connectivity index (χ4v) is 4.48. The molecule has 0 bridgehead atoms. The van der Waals surface area contributed by atoms with Crippen molar-refractivity contribution in [3.8, 4) is 0 Å². The molecule has 0 radical (unpaired) electrons. The smallest absolute Gasteiger partial charge is 0.339 e. The van der Waals surface area contributed by atoms with E-state index in [0.717, 1.165) is 0 Å². The summed E-state index contributed by atoms with van der Waals surface area (Å²) in [6, 6.07) is 3.94. The minimum absolute atomic E-state index is 0. The highest BCUT2D eigenvalue weighted by atomic mass is 35.5. The van der Waals surface area contributed by atoms with Gasteiger partial charge in [-0.2, -0.15) is 4.31 Å². The van der Waals surface area contributed by atoms with Crippen molar-refractivity contribution in [2.75, 3.05) is 20.2 Å². The van der Waals surface area contributed by atoms with Crippen LogP contribution in [0.4, 0.5) is 0 Å². The number of benzene rings is 1. The Balaban J connectivity index is 0.00000264. The van der Waals surface area contributed by atoms with Crippen molar-refractivity contribution in [3.63, 3.8) is 0 Å². The van der Waals surface area contributed by atoms with Crippen molar-refractivity contribution in [3.05, 3.63) is 28.8 Å². The highest BCUT2D eigenvalue weighted by Gasteiger charge is 2.34. The molecule has 1 aliphatic rings. The first-order valence-electron chi connectivity index (χ1n) is 6.92. The Kier molecular flexibility index (Phi) is 6.85. The summed E-state index contributed by atoms with van der Waals surface area (Å²) in [4.78, 5) is 11.6. The zero-order valence-electron chi connectivity index (χ0n) is 13.1. The summed E-state index contributed by atoms with van der Waals surface area (Å²) in [6.07, 6.45) is 0. The number of rotatable bonds is 3. The van der Waals surface area contributed by atoms with Crippen LogP contribution >= 0.6 is 24.0 Å². The van der Waals surface area contributed by atoms with E-state index in [0.29, 0.717) is 13.1 Å². The number of sulfonamides is 1. The first-order chi connectivity index (χ1) is 10.3. The molecule has 2 unspecified atom stereocenters. The van der Waals surface area contributed by atoms with Crippen molar-refractivity contribution < 1.29 is 17.9 Å². The number of carbonyl (C=O) groups excluding carboxylic acids is 1. The summed E-state index contributed by atoms with van der Waals surface area (Å²) < 4.78 is 31.6. The van der Waals surface area contributed by atoms with Gasteiger partial charge in [-0.15, -0.1) is 12.4 Å². The molecule has 0 aliphatic carbocycles. The van der Waals surface area contributed by atoms with Crippen LogP contribution in [0.25, 0.3) is 0 Å². The monoisotopic (exact) mass is 382 g/mol. The predicted molar refractivity (Wildman–Crippen MR) is 90.9 cm³/mol. The number of halogens is 2. The third-order valence-corrected chi connectivity index (χ3v) is 6.22. The first kappa shape index (κ1) is 20.2. The number of methoxy groups -OCH3 is 1. The molecule has 130 valence electrons. The summed E-state index contributed by atoms with van der Waals surface area (Å²) in [6.45, 7) is 4.79. The highest BCUT2D eigenvalue weighted by molar-refractivity contribution is 7.89. The lowest BCUT2D eigenvalue weighted by atomic mass is 10.1. The van der Waals surface area contributed by atoms with Gasteiger partial charge in [0.15, 0.2) is 0 Å². The molecule has 1 aromatic carbocycles. The molecule has 1 heterocycles. The zero-order valence-corrected chi connectivity index (χ0v) is 15.5. The minimum atomic E-state index is -3.66. The van der Waals surface area contributed by atoms with Gasteiger partial charge in [-0.1, -0.05) is 11.6 Å². The Labute approximate surface area is 147 Å². The van der Waals surface area contributed by atoms with E-state index in [1.807, 2.05) is 13.8 Å². The Morgan fingerprint density at radius 2 is 2.04 bits per heavy atom. The number of carbonyl (C=O) groups is 1. The normalized spacial score (nSPS) is 22.3. The first-order valence-corrected chi connectivity index (χ1v) is 8.74. The van der Waals surface area contributed by atoms with Gasteiger partial charge in [0.2, 0.25) is 10.0 Å². The topological polar surface area (TPSA) is 75.7 Å². The van der Waals surface area contributed by atoms with Crippen LogP contribution in [0.15, 0.2) is 23.1 Å². The van der Waals surface area contributed by atoms with Crippen molar-refractivity contribution in [2.24, 2.45) is 0 Å². The Morgan fingerprint density at radius 3 is 2.61 bits per heavy atom. The van der Waals surface area contributed by atoms with E-state index in [1.165, 1.54) is 29.6 Å². The summed E-state index contributed by atoms with van der Waals surface area (Å²) in [5.74, 6) is -0.599. The number of hydrogen-bond donors (Lipinski definition) is 1. The van der Waals surface area contributed by atoms with E-state index in [2.05, 4.69) is 10.1 Å². The molecule has 2 atom stereocenters. The second-order valence-corrected chi connectivity index (χ2v) is 7.53. The van der Waals surface area contributed by atoms with Crippen LogP contribution in [0.3, 0.4) is 0 Å². The van der Waals surface area contributed by atoms with Gasteiger partial charge >= 0.3 is 5.97 Å². The van der Waals surface area contributed by atoms with Crippen molar-refractivity contribution >= 4 is 40.0 Å². The lowest BCUT2D eigenvalue weighted by Gasteiger charge is -2.37. The van der Waals surface area contributed by atoms with E-state index >= 15 is 0 Å². The van der Waals surface area contributed by atoms with E-state index in [1.54, 1.807) is 0 Å². The lowest BCUT2D eigenvalue weighted by Crippen LogP contribution is -2.57. The molecular weight excluding hydrogens is 363 g/mol. The largest absolute Gasteiger partial charge is 0.465 e. The Bertz CT molecular complexity index is 681. The van der Waals surface area contributed by atoms with E-state index in [-0.39, 0.29) is 40.0 Å². The van der Waals surface area contributed by atoms with Gasteiger partial charge in [0.05, 0.1) is 22.6 Å². The predicted octanol–water partition coefficient (Wildman–Crippen LogP) is 1.92. The van der Waals surface area contributed by atoms with Gasteiger partial charge in [0, 0.05) is 25.2 Å². The van der Waals surface area contributed by atoms with E-state index in [9.17, 15) is 13.2 Å². The van der Waals surface area contributed by atoms with Gasteiger partial charge in [-0.25, -0.2) is 13.2 Å². The van der Waals surface area contributed by atoms with Crippen LogP contribution in [0.1, 0.15) is 24.2 Å². The molecule has 1 fully saturated rings. The molecule has 1 aromatic rings. The molecule has 6 nitrogen and oxygen atoms in total. The van der Waals surface area contributed by atoms with Gasteiger partial charge in [-0.05, 0) is 32.0 Å². The third-order valence-electron chi connectivity index (χ3n) is 3.93. The molecule has 1 aliphatic heterocycles. The number of nitrogens with one attached hydrogen (secondary N) is 1. The van der Waals surface area contributed by atoms with Crippen molar-refractivity contribution in [2.45, 2.75) is 30.8 Å². The van der Waals surface area contributed by atoms with Gasteiger partial charge in [0.1, 0.15) is 0 Å². The second kappa shape index (κ2) is 7.81. The molecule has 0 aromatic heterocycles. The highest BCUT2D eigenvalue weighted by Crippen LogP contribution is 2.26. The third kappa shape index (κ3) is 3.97. The summed E-state index contributed by atoms with van der Waals surface area (Å²) in [7, 11) is -2.42. The average Bonchev–Trinajstić information content (AvgIpc) is 2.49. The maximum Gasteiger partial charge on any atom is 0.339 e. The lowest BCUT2D eigenvalue weighted by molar-refractivity contribution is 0.0601. The van der Waals surface area contributed by atoms with Crippen LogP contribution in [0.5, 0.6) is 0 Å². The molecule has 0 saturated carbocycles. The van der Waals surface area contributed by atoms with Gasteiger partial charge < -0.3 is 10.1 Å². The van der Waals surface area contributed by atoms with Crippen LogP contribution in [0, 0.1) is 0 Å². The van der Waals surface area contributed by atoms with Crippen LogP contribution in [0.2, 0.25) is 5.02 Å². The molecule has 9 heteroatoms. The summed E-state index contributed by atoms with van der Waals surface area (Å²) in [5.41, 5.74) is 0.143. The SMILES string of the molecule is COC(=O)c1ccc(S(=O)(=O)N2CCNC(C)C2C)cc1Cl.Cl. The zero-order chi connectivity index (χ0) is 16.5. The van der Waals surface area contributed by atoms with Crippen LogP contribution in [-0.2, 0) is 14.8 Å². The number of esters is 1. The molecule has 0 spiro atoms.